The highest BCUT2D eigenvalue weighted by atomic mass is 35.5. The van der Waals surface area contributed by atoms with E-state index in [2.05, 4.69) is 20.1 Å². The first-order valence-corrected chi connectivity index (χ1v) is 11.7. The van der Waals surface area contributed by atoms with Crippen LogP contribution >= 0.6 is 24.2 Å². The molecular weight excluding hydrogens is 494 g/mol. The summed E-state index contributed by atoms with van der Waals surface area (Å²) in [6, 6.07) is 3.66. The second-order valence-electron chi connectivity index (χ2n) is 8.79. The molecule has 12 heteroatoms. The Morgan fingerprint density at radius 2 is 2.06 bits per heavy atom. The van der Waals surface area contributed by atoms with E-state index in [1.54, 1.807) is 11.8 Å². The first-order valence-electron chi connectivity index (χ1n) is 10.7. The van der Waals surface area contributed by atoms with Crippen molar-refractivity contribution in [3.63, 3.8) is 0 Å². The lowest BCUT2D eigenvalue weighted by Crippen LogP contribution is -2.28. The number of piperidine rings is 1. The van der Waals surface area contributed by atoms with Crippen molar-refractivity contribution in [1.82, 2.24) is 24.6 Å². The zero-order valence-electron chi connectivity index (χ0n) is 18.6. The number of hydrogen-bond acceptors (Lipinski definition) is 6. The summed E-state index contributed by atoms with van der Waals surface area (Å²) in [7, 11) is 1.88. The van der Waals surface area contributed by atoms with Crippen molar-refractivity contribution in [2.45, 2.75) is 36.5 Å². The molecule has 0 amide bonds. The Bertz CT molecular complexity index is 1180. The number of nitrogens with zero attached hydrogens (tertiary/aromatic N) is 5. The normalized spacial score (nSPS) is 22.0. The van der Waals surface area contributed by atoms with Crippen LogP contribution in [0.15, 0.2) is 34.2 Å². The average molecular weight is 518 g/mol. The lowest BCUT2D eigenvalue weighted by atomic mass is 9.92. The predicted octanol–water partition coefficient (Wildman–Crippen LogP) is 5.11. The molecule has 3 aromatic rings. The largest absolute Gasteiger partial charge is 0.440 e. The van der Waals surface area contributed by atoms with Gasteiger partial charge in [0.05, 0.1) is 11.3 Å². The molecule has 2 atom stereocenters. The lowest BCUT2D eigenvalue weighted by Gasteiger charge is -2.22. The first-order chi connectivity index (χ1) is 15.7. The number of alkyl halides is 3. The molecule has 1 aliphatic carbocycles. The minimum atomic E-state index is -4.68. The second kappa shape index (κ2) is 9.16. The van der Waals surface area contributed by atoms with E-state index in [9.17, 15) is 17.6 Å². The van der Waals surface area contributed by atoms with E-state index in [1.165, 1.54) is 18.5 Å². The molecule has 1 saturated carbocycles. The summed E-state index contributed by atoms with van der Waals surface area (Å²) in [6.45, 7) is 4.04. The highest BCUT2D eigenvalue weighted by molar-refractivity contribution is 7.99. The van der Waals surface area contributed by atoms with Gasteiger partial charge in [0.25, 0.3) is 0 Å². The molecule has 0 radical (unpaired) electrons. The van der Waals surface area contributed by atoms with E-state index in [0.29, 0.717) is 18.1 Å². The fourth-order valence-corrected chi connectivity index (χ4v) is 5.75. The minimum absolute atomic E-state index is 0. The second-order valence-corrected chi connectivity index (χ2v) is 9.85. The molecular formula is C22H24ClF4N5OS. The summed E-state index contributed by atoms with van der Waals surface area (Å²) in [5, 5.41) is 9.20. The van der Waals surface area contributed by atoms with Gasteiger partial charge in [-0.15, -0.1) is 22.6 Å². The van der Waals surface area contributed by atoms with E-state index in [0.717, 1.165) is 48.6 Å². The van der Waals surface area contributed by atoms with Gasteiger partial charge < -0.3 is 13.9 Å². The fraction of sp³-hybridized carbons (Fsp3) is 0.500. The average Bonchev–Trinajstić information content (AvgIpc) is 3.06. The highest BCUT2D eigenvalue weighted by Crippen LogP contribution is 2.60. The third-order valence-electron chi connectivity index (χ3n) is 6.69. The SMILES string of the molecule is Cc1ncoc1-c1nnc(SCCCN2CC3CC3(c3cccc(C(F)(F)F)c3F)C2)n1C.Cl. The Kier molecular flexibility index (Phi) is 6.73. The predicted molar refractivity (Wildman–Crippen MR) is 121 cm³/mol. The van der Waals surface area contributed by atoms with Crippen molar-refractivity contribution in [3.05, 3.63) is 47.2 Å². The molecule has 1 aromatic carbocycles. The number of fused-ring (bicyclic) bond motifs is 1. The quantitative estimate of drug-likeness (QED) is 0.246. The Labute approximate surface area is 204 Å². The van der Waals surface area contributed by atoms with E-state index in [4.69, 9.17) is 4.42 Å². The topological polar surface area (TPSA) is 60.0 Å². The highest BCUT2D eigenvalue weighted by Gasteiger charge is 2.61. The van der Waals surface area contributed by atoms with E-state index < -0.39 is 23.0 Å². The molecule has 6 nitrogen and oxygen atoms in total. The Morgan fingerprint density at radius 1 is 1.26 bits per heavy atom. The molecule has 2 unspecified atom stereocenters. The molecule has 0 N–H and O–H groups in total. The number of rotatable bonds is 7. The standard InChI is InChI=1S/C22H23F4N5OS.ClH/c1-13-18(32-12-27-13)19-28-29-20(30(19)2)33-8-4-7-31-10-14-9-21(14,11-31)15-5-3-6-16(17(15)23)22(24,25)26;/h3,5-6,12,14H,4,7-11H2,1-2H3;1H. The molecule has 0 spiro atoms. The van der Waals surface area contributed by atoms with Crippen LogP contribution in [-0.4, -0.2) is 50.0 Å². The molecule has 5 rings (SSSR count). The maximum absolute atomic E-state index is 14.7. The molecule has 184 valence electrons. The van der Waals surface area contributed by atoms with Crippen molar-refractivity contribution >= 4 is 24.2 Å². The number of hydrogen-bond donors (Lipinski definition) is 0. The van der Waals surface area contributed by atoms with Gasteiger partial charge in [-0.2, -0.15) is 13.2 Å². The summed E-state index contributed by atoms with van der Waals surface area (Å²) in [5.74, 6) is 1.14. The number of oxazole rings is 1. The zero-order chi connectivity index (χ0) is 23.4. The number of benzene rings is 1. The van der Waals surface area contributed by atoms with Gasteiger partial charge in [0.1, 0.15) is 5.82 Å². The van der Waals surface area contributed by atoms with Crippen LogP contribution in [0.4, 0.5) is 17.6 Å². The molecule has 3 heterocycles. The van der Waals surface area contributed by atoms with Gasteiger partial charge in [-0.1, -0.05) is 23.9 Å². The van der Waals surface area contributed by atoms with Gasteiger partial charge in [0.2, 0.25) is 5.82 Å². The van der Waals surface area contributed by atoms with Crippen LogP contribution in [-0.2, 0) is 18.6 Å². The number of likely N-dealkylation sites (tertiary alicyclic amines) is 1. The van der Waals surface area contributed by atoms with Crippen LogP contribution in [0.25, 0.3) is 11.6 Å². The van der Waals surface area contributed by atoms with Crippen molar-refractivity contribution in [2.24, 2.45) is 13.0 Å². The fourth-order valence-electron chi connectivity index (χ4n) is 4.92. The molecule has 1 saturated heterocycles. The van der Waals surface area contributed by atoms with Gasteiger partial charge in [0.15, 0.2) is 17.3 Å². The molecule has 2 fully saturated rings. The van der Waals surface area contributed by atoms with Gasteiger partial charge >= 0.3 is 6.18 Å². The molecule has 34 heavy (non-hydrogen) atoms. The van der Waals surface area contributed by atoms with Crippen LogP contribution in [0.5, 0.6) is 0 Å². The van der Waals surface area contributed by atoms with Crippen molar-refractivity contribution in [3.8, 4) is 11.6 Å². The van der Waals surface area contributed by atoms with Gasteiger partial charge in [0, 0.05) is 31.3 Å². The van der Waals surface area contributed by atoms with Crippen LogP contribution < -0.4 is 0 Å². The molecule has 2 aromatic heterocycles. The van der Waals surface area contributed by atoms with Crippen LogP contribution in [0.3, 0.4) is 0 Å². The number of halogens is 5. The van der Waals surface area contributed by atoms with E-state index in [1.807, 2.05) is 18.5 Å². The summed E-state index contributed by atoms with van der Waals surface area (Å²) < 4.78 is 61.4. The lowest BCUT2D eigenvalue weighted by molar-refractivity contribution is -0.140. The number of aryl methyl sites for hydroxylation is 1. The van der Waals surface area contributed by atoms with E-state index in [-0.39, 0.29) is 23.9 Å². The smallest absolute Gasteiger partial charge is 0.419 e. The number of aromatic nitrogens is 4. The molecule has 1 aliphatic heterocycles. The van der Waals surface area contributed by atoms with E-state index >= 15 is 0 Å². The maximum Gasteiger partial charge on any atom is 0.419 e. The Morgan fingerprint density at radius 3 is 2.76 bits per heavy atom. The third kappa shape index (κ3) is 4.33. The van der Waals surface area contributed by atoms with Crippen LogP contribution in [0.1, 0.15) is 29.7 Å². The summed E-state index contributed by atoms with van der Waals surface area (Å²) in [6.07, 6.45) is -1.67. The first kappa shape index (κ1) is 25.0. The van der Waals surface area contributed by atoms with Gasteiger partial charge in [-0.05, 0) is 43.9 Å². The van der Waals surface area contributed by atoms with Crippen LogP contribution in [0.2, 0.25) is 0 Å². The minimum Gasteiger partial charge on any atom is -0.440 e. The van der Waals surface area contributed by atoms with Crippen molar-refractivity contribution in [2.75, 3.05) is 25.4 Å². The zero-order valence-corrected chi connectivity index (χ0v) is 20.2. The van der Waals surface area contributed by atoms with Gasteiger partial charge in [-0.3, -0.25) is 0 Å². The van der Waals surface area contributed by atoms with Crippen LogP contribution in [0, 0.1) is 18.7 Å². The molecule has 2 aliphatic rings. The summed E-state index contributed by atoms with van der Waals surface area (Å²) >= 11 is 1.58. The van der Waals surface area contributed by atoms with Crippen molar-refractivity contribution in [1.29, 1.82) is 0 Å². The summed E-state index contributed by atoms with van der Waals surface area (Å²) in [4.78, 5) is 6.31. The monoisotopic (exact) mass is 517 g/mol. The molecule has 0 bridgehead atoms. The Hall–Kier alpha value is -2.11. The Balaban J connectivity index is 0.00000274. The van der Waals surface area contributed by atoms with Crippen molar-refractivity contribution < 1.29 is 22.0 Å². The third-order valence-corrected chi connectivity index (χ3v) is 7.80. The summed E-state index contributed by atoms with van der Waals surface area (Å²) in [5.41, 5.74) is -0.681. The maximum atomic E-state index is 14.7. The number of thioether (sulfide) groups is 1. The van der Waals surface area contributed by atoms with Gasteiger partial charge in [-0.25, -0.2) is 9.37 Å².